The number of pyridine rings is 1. The summed E-state index contributed by atoms with van der Waals surface area (Å²) in [7, 11) is 0. The summed E-state index contributed by atoms with van der Waals surface area (Å²) in [6.45, 7) is 0.133. The zero-order valence-electron chi connectivity index (χ0n) is 18.0. The van der Waals surface area contributed by atoms with Gasteiger partial charge in [0.05, 0.1) is 0 Å². The maximum atomic E-state index is 14.4. The molecule has 0 radical (unpaired) electrons. The van der Waals surface area contributed by atoms with Gasteiger partial charge < -0.3 is 4.74 Å². The van der Waals surface area contributed by atoms with Crippen LogP contribution in [0, 0.1) is 11.2 Å². The molecule has 0 bridgehead atoms. The molecular weight excluding hydrogens is 453 g/mol. The Hall–Kier alpha value is -2.20. The van der Waals surface area contributed by atoms with E-state index in [9.17, 15) is 30.7 Å². The summed E-state index contributed by atoms with van der Waals surface area (Å²) in [6, 6.07) is 8.38. The molecule has 3 rings (SSSR count). The minimum Gasteiger partial charge on any atom is -0.358 e. The quantitative estimate of drug-likeness (QED) is 0.439. The first kappa shape index (κ1) is 25.4. The van der Waals surface area contributed by atoms with Gasteiger partial charge in [-0.1, -0.05) is 18.2 Å². The molecule has 1 unspecified atom stereocenters. The van der Waals surface area contributed by atoms with E-state index < -0.39 is 48.8 Å². The monoisotopic (exact) mass is 478 g/mol. The molecule has 0 spiro atoms. The van der Waals surface area contributed by atoms with Crippen LogP contribution in [0.15, 0.2) is 48.8 Å². The van der Waals surface area contributed by atoms with Crippen molar-refractivity contribution in [2.75, 3.05) is 19.7 Å². The molecule has 33 heavy (non-hydrogen) atoms. The van der Waals surface area contributed by atoms with E-state index in [1.165, 1.54) is 24.5 Å². The Morgan fingerprint density at radius 1 is 1.00 bits per heavy atom. The summed E-state index contributed by atoms with van der Waals surface area (Å²) < 4.78 is 104. The summed E-state index contributed by atoms with van der Waals surface area (Å²) in [5.41, 5.74) is -5.47. The molecule has 0 amide bonds. The lowest BCUT2D eigenvalue weighted by atomic mass is 9.66. The molecule has 2 aromatic rings. The predicted molar refractivity (Wildman–Crippen MR) is 108 cm³/mol. The molecule has 2 heterocycles. The van der Waals surface area contributed by atoms with Gasteiger partial charge in [0, 0.05) is 37.5 Å². The van der Waals surface area contributed by atoms with E-state index in [-0.39, 0.29) is 25.9 Å². The Bertz CT molecular complexity index is 886. The highest BCUT2D eigenvalue weighted by atomic mass is 19.4. The number of likely N-dealkylation sites (tertiary alicyclic amines) is 1. The highest BCUT2D eigenvalue weighted by Gasteiger charge is 2.81. The van der Waals surface area contributed by atoms with E-state index in [0.717, 1.165) is 19.1 Å². The number of hydrogen-bond donors (Lipinski definition) is 0. The zero-order chi connectivity index (χ0) is 24.3. The van der Waals surface area contributed by atoms with Gasteiger partial charge in [0.2, 0.25) is 0 Å². The molecule has 3 nitrogen and oxygen atoms in total. The van der Waals surface area contributed by atoms with Crippen LogP contribution in [0.5, 0.6) is 0 Å². The summed E-state index contributed by atoms with van der Waals surface area (Å²) in [4.78, 5) is 5.54. The van der Waals surface area contributed by atoms with Crippen LogP contribution in [-0.4, -0.2) is 47.5 Å². The highest BCUT2D eigenvalue weighted by Crippen LogP contribution is 2.60. The second-order valence-electron chi connectivity index (χ2n) is 8.34. The first-order valence-corrected chi connectivity index (χ1v) is 10.6. The first-order valence-electron chi connectivity index (χ1n) is 10.6. The van der Waals surface area contributed by atoms with E-state index in [0.29, 0.717) is 11.1 Å². The molecule has 0 N–H and O–H groups in total. The van der Waals surface area contributed by atoms with Crippen molar-refractivity contribution in [3.05, 3.63) is 65.7 Å². The smallest absolute Gasteiger partial charge is 0.358 e. The molecule has 1 fully saturated rings. The fourth-order valence-corrected chi connectivity index (χ4v) is 4.84. The van der Waals surface area contributed by atoms with Crippen LogP contribution in [0.3, 0.4) is 0 Å². The number of rotatable bonds is 8. The number of hydrogen-bond acceptors (Lipinski definition) is 3. The molecule has 1 saturated heterocycles. The third-order valence-corrected chi connectivity index (χ3v) is 6.27. The topological polar surface area (TPSA) is 25.4 Å². The Morgan fingerprint density at radius 2 is 1.67 bits per heavy atom. The van der Waals surface area contributed by atoms with Gasteiger partial charge in [0.25, 0.3) is 5.60 Å². The normalized spacial score (nSPS) is 20.4. The van der Waals surface area contributed by atoms with Gasteiger partial charge in [-0.2, -0.15) is 26.3 Å². The van der Waals surface area contributed by atoms with Crippen LogP contribution < -0.4 is 0 Å². The van der Waals surface area contributed by atoms with E-state index in [1.54, 1.807) is 17.0 Å². The summed E-state index contributed by atoms with van der Waals surface area (Å²) in [5, 5.41) is 0. The van der Waals surface area contributed by atoms with Gasteiger partial charge in [-0.15, -0.1) is 0 Å². The number of halogens is 7. The lowest BCUT2D eigenvalue weighted by Crippen LogP contribution is -2.69. The van der Waals surface area contributed by atoms with Crippen molar-refractivity contribution in [3.8, 4) is 0 Å². The molecule has 0 saturated carbocycles. The van der Waals surface area contributed by atoms with Gasteiger partial charge in [0.15, 0.2) is 0 Å². The average Bonchev–Trinajstić information content (AvgIpc) is 3.14. The number of nitrogens with zero attached hydrogens (tertiary/aromatic N) is 2. The van der Waals surface area contributed by atoms with Crippen LogP contribution in [-0.2, 0) is 17.7 Å². The third-order valence-electron chi connectivity index (χ3n) is 6.27. The van der Waals surface area contributed by atoms with Crippen molar-refractivity contribution in [3.63, 3.8) is 0 Å². The molecule has 1 aromatic carbocycles. The molecule has 1 aromatic heterocycles. The largest absolute Gasteiger partial charge is 0.427 e. The summed E-state index contributed by atoms with van der Waals surface area (Å²) in [6.07, 6.45) is -9.17. The lowest BCUT2D eigenvalue weighted by Gasteiger charge is -2.49. The van der Waals surface area contributed by atoms with Crippen molar-refractivity contribution in [2.45, 2.75) is 50.7 Å². The van der Waals surface area contributed by atoms with Crippen molar-refractivity contribution in [1.29, 1.82) is 0 Å². The maximum Gasteiger partial charge on any atom is 0.427 e. The van der Waals surface area contributed by atoms with Crippen LogP contribution >= 0.6 is 0 Å². The number of ether oxygens (including phenoxy) is 1. The number of aryl methyl sites for hydroxylation is 1. The standard InChI is InChI=1S/C23H25F7N2O/c1-2-33-21(22(25,26)27,23(28,29)30)20(10-9-17-5-7-19(24)8-6-17)11-13-32(16-20)15-18-4-3-12-31-14-18/h3-8,12,14H,2,9-11,13,15-16H2,1H3. The summed E-state index contributed by atoms with van der Waals surface area (Å²) in [5.74, 6) is -0.536. The molecule has 182 valence electrons. The molecule has 1 atom stereocenters. The zero-order valence-corrected chi connectivity index (χ0v) is 18.0. The predicted octanol–water partition coefficient (Wildman–Crippen LogP) is 5.95. The molecule has 1 aliphatic heterocycles. The highest BCUT2D eigenvalue weighted by molar-refractivity contribution is 5.20. The fourth-order valence-electron chi connectivity index (χ4n) is 4.84. The Balaban J connectivity index is 2.02. The number of aromatic nitrogens is 1. The van der Waals surface area contributed by atoms with E-state index in [2.05, 4.69) is 4.98 Å². The van der Waals surface area contributed by atoms with E-state index >= 15 is 0 Å². The Labute approximate surface area is 187 Å². The second kappa shape index (κ2) is 9.58. The maximum absolute atomic E-state index is 14.4. The van der Waals surface area contributed by atoms with Crippen molar-refractivity contribution < 1.29 is 35.5 Å². The van der Waals surface area contributed by atoms with Crippen LogP contribution in [0.1, 0.15) is 30.9 Å². The second-order valence-corrected chi connectivity index (χ2v) is 8.34. The SMILES string of the molecule is CCOC(C(F)(F)F)(C(F)(F)F)C1(CCc2ccc(F)cc2)CCN(Cc2cccnc2)C1. The van der Waals surface area contributed by atoms with E-state index in [4.69, 9.17) is 4.74 Å². The van der Waals surface area contributed by atoms with E-state index in [1.807, 2.05) is 0 Å². The Morgan fingerprint density at radius 3 is 2.21 bits per heavy atom. The van der Waals surface area contributed by atoms with Gasteiger partial charge in [-0.05, 0) is 62.1 Å². The van der Waals surface area contributed by atoms with Crippen LogP contribution in [0.4, 0.5) is 30.7 Å². The van der Waals surface area contributed by atoms with Crippen LogP contribution in [0.2, 0.25) is 0 Å². The molecule has 0 aliphatic carbocycles. The number of alkyl halides is 6. The molecule has 10 heteroatoms. The first-order chi connectivity index (χ1) is 15.4. The average molecular weight is 478 g/mol. The lowest BCUT2D eigenvalue weighted by molar-refractivity contribution is -0.414. The third kappa shape index (κ3) is 5.01. The van der Waals surface area contributed by atoms with Crippen LogP contribution in [0.25, 0.3) is 0 Å². The van der Waals surface area contributed by atoms with Gasteiger partial charge in [-0.25, -0.2) is 4.39 Å². The minimum atomic E-state index is -5.69. The van der Waals surface area contributed by atoms with Crippen molar-refractivity contribution in [1.82, 2.24) is 9.88 Å². The molecule has 1 aliphatic rings. The van der Waals surface area contributed by atoms with Gasteiger partial charge >= 0.3 is 12.4 Å². The number of benzene rings is 1. The van der Waals surface area contributed by atoms with Crippen molar-refractivity contribution in [2.24, 2.45) is 5.41 Å². The molecular formula is C23H25F7N2O. The fraction of sp³-hybridized carbons (Fsp3) is 0.522. The van der Waals surface area contributed by atoms with Crippen molar-refractivity contribution >= 4 is 0 Å². The Kier molecular flexibility index (Phi) is 7.38. The summed E-state index contributed by atoms with van der Waals surface area (Å²) >= 11 is 0. The van der Waals surface area contributed by atoms with Gasteiger partial charge in [0.1, 0.15) is 5.82 Å². The minimum absolute atomic E-state index is 0.0410. The van der Waals surface area contributed by atoms with Gasteiger partial charge in [-0.3, -0.25) is 9.88 Å².